The van der Waals surface area contributed by atoms with Gasteiger partial charge in [-0.3, -0.25) is 9.59 Å². The maximum absolute atomic E-state index is 13.9. The van der Waals surface area contributed by atoms with Gasteiger partial charge in [-0.25, -0.2) is 0 Å². The molecule has 1 aromatic heterocycles. The van der Waals surface area contributed by atoms with Crippen molar-refractivity contribution < 1.29 is 14.3 Å². The third-order valence-corrected chi connectivity index (χ3v) is 8.23. The molecular formula is C30H39N5O3. The van der Waals surface area contributed by atoms with Gasteiger partial charge in [-0.15, -0.1) is 0 Å². The number of hydrogen-bond donors (Lipinski definition) is 3. The Kier molecular flexibility index (Phi) is 7.56. The van der Waals surface area contributed by atoms with Crippen molar-refractivity contribution >= 4 is 22.7 Å². The van der Waals surface area contributed by atoms with Crippen molar-refractivity contribution in [2.75, 3.05) is 20.2 Å². The maximum atomic E-state index is 13.9. The summed E-state index contributed by atoms with van der Waals surface area (Å²) in [7, 11) is 1.55. The number of fused-ring (bicyclic) bond motifs is 2. The van der Waals surface area contributed by atoms with Gasteiger partial charge in [0.2, 0.25) is 11.8 Å². The van der Waals surface area contributed by atoms with E-state index in [0.29, 0.717) is 6.54 Å². The molecule has 6 atom stereocenters. The predicted molar refractivity (Wildman–Crippen MR) is 149 cm³/mol. The highest BCUT2D eigenvalue weighted by Gasteiger charge is 2.49. The number of methoxy groups -OCH3 is 1. The molecule has 8 heteroatoms. The molecule has 2 fully saturated rings. The number of aryl methyl sites for hydroxylation is 1. The summed E-state index contributed by atoms with van der Waals surface area (Å²) < 4.78 is 7.84. The Balaban J connectivity index is 1.48. The third-order valence-electron chi connectivity index (χ3n) is 8.23. The van der Waals surface area contributed by atoms with Crippen LogP contribution in [-0.2, 0) is 20.9 Å². The van der Waals surface area contributed by atoms with E-state index in [9.17, 15) is 9.59 Å². The lowest BCUT2D eigenvalue weighted by molar-refractivity contribution is -0.141. The Bertz CT molecular complexity index is 1300. The predicted octanol–water partition coefficient (Wildman–Crippen LogP) is 2.52. The monoisotopic (exact) mass is 517 g/mol. The third kappa shape index (κ3) is 4.96. The maximum Gasteiger partial charge on any atom is 0.248 e. The molecule has 3 aromatic rings. The average molecular weight is 518 g/mol. The Hall–Kier alpha value is -3.20. The number of nitrogens with zero attached hydrogens (tertiary/aromatic N) is 2. The summed E-state index contributed by atoms with van der Waals surface area (Å²) in [4.78, 5) is 28.4. The van der Waals surface area contributed by atoms with Gasteiger partial charge in [0.15, 0.2) is 0 Å². The Morgan fingerprint density at radius 1 is 1.18 bits per heavy atom. The standard InChI is InChI=1S/C30H39N5O3/c1-18-10-11-22-24(17-34(26(22)14-18)16-21-8-6-5-7-9-21)23-15-32-25-12-13-35(28(23)25)30(37)27(20(3)38-4)33-29(36)19(2)31/h5-11,14,17,19-20,23,25,27-28,32H,12-13,15-16,31H2,1-4H3,(H,33,36)/t19-,20+,23+,25+,27-,28+/m0/s1. The summed E-state index contributed by atoms with van der Waals surface area (Å²) in [6.07, 6.45) is 2.68. The Morgan fingerprint density at radius 2 is 1.95 bits per heavy atom. The normalized spacial score (nSPS) is 23.3. The van der Waals surface area contributed by atoms with Crippen LogP contribution in [0, 0.1) is 6.92 Å². The molecule has 0 radical (unpaired) electrons. The number of aromatic nitrogens is 1. The molecule has 2 saturated heterocycles. The SMILES string of the molecule is CO[C@H](C)[C@H](NC(=O)[C@H](C)N)C(=O)N1CC[C@H]2NC[C@H](c3cn(Cc4ccccc4)c4cc(C)ccc34)[C@H]21. The minimum absolute atomic E-state index is 0.00154. The molecule has 0 saturated carbocycles. The van der Waals surface area contributed by atoms with Crippen molar-refractivity contribution in [3.05, 3.63) is 71.4 Å². The van der Waals surface area contributed by atoms with Gasteiger partial charge in [0.1, 0.15) is 6.04 Å². The van der Waals surface area contributed by atoms with Crippen molar-refractivity contribution in [3.8, 4) is 0 Å². The van der Waals surface area contributed by atoms with Crippen LogP contribution < -0.4 is 16.4 Å². The molecule has 0 unspecified atom stereocenters. The molecule has 0 bridgehead atoms. The highest BCUT2D eigenvalue weighted by atomic mass is 16.5. The molecule has 2 amide bonds. The van der Waals surface area contributed by atoms with Crippen LogP contribution in [-0.4, -0.2) is 71.8 Å². The Labute approximate surface area is 224 Å². The second-order valence-electron chi connectivity index (χ2n) is 10.9. The summed E-state index contributed by atoms with van der Waals surface area (Å²) in [5.41, 5.74) is 10.7. The number of benzene rings is 2. The zero-order valence-electron chi connectivity index (χ0n) is 22.7. The van der Waals surface area contributed by atoms with Crippen molar-refractivity contribution in [2.45, 2.75) is 69.9 Å². The van der Waals surface area contributed by atoms with Gasteiger partial charge in [-0.2, -0.15) is 0 Å². The molecular weight excluding hydrogens is 478 g/mol. The molecule has 4 N–H and O–H groups in total. The van der Waals surface area contributed by atoms with E-state index in [0.717, 1.165) is 19.5 Å². The zero-order valence-corrected chi connectivity index (χ0v) is 22.7. The highest BCUT2D eigenvalue weighted by Crippen LogP contribution is 2.40. The fraction of sp³-hybridized carbons (Fsp3) is 0.467. The molecule has 2 aromatic carbocycles. The van der Waals surface area contributed by atoms with Gasteiger partial charge in [-0.1, -0.05) is 42.5 Å². The van der Waals surface area contributed by atoms with Gasteiger partial charge in [0, 0.05) is 55.8 Å². The van der Waals surface area contributed by atoms with E-state index in [1.165, 1.54) is 27.6 Å². The van der Waals surface area contributed by atoms with Crippen LogP contribution in [0.15, 0.2) is 54.7 Å². The quantitative estimate of drug-likeness (QED) is 0.426. The number of hydrogen-bond acceptors (Lipinski definition) is 5. The second kappa shape index (κ2) is 10.9. The van der Waals surface area contributed by atoms with Crippen LogP contribution in [0.3, 0.4) is 0 Å². The molecule has 5 rings (SSSR count). The minimum Gasteiger partial charge on any atom is -0.379 e. The molecule has 38 heavy (non-hydrogen) atoms. The van der Waals surface area contributed by atoms with E-state index in [1.54, 1.807) is 14.0 Å². The molecule has 202 valence electrons. The summed E-state index contributed by atoms with van der Waals surface area (Å²) >= 11 is 0. The number of carbonyl (C=O) groups excluding carboxylic acids is 2. The van der Waals surface area contributed by atoms with Crippen molar-refractivity contribution in [2.24, 2.45) is 5.73 Å². The summed E-state index contributed by atoms with van der Waals surface area (Å²) in [6, 6.07) is 15.8. The topological polar surface area (TPSA) is 102 Å². The smallest absolute Gasteiger partial charge is 0.248 e. The first-order valence-electron chi connectivity index (χ1n) is 13.5. The summed E-state index contributed by atoms with van der Waals surface area (Å²) in [5.74, 6) is -0.335. The van der Waals surface area contributed by atoms with Crippen molar-refractivity contribution in [1.29, 1.82) is 0 Å². The van der Waals surface area contributed by atoms with E-state index in [4.69, 9.17) is 10.5 Å². The first kappa shape index (κ1) is 26.4. The van der Waals surface area contributed by atoms with Crippen LogP contribution in [0.1, 0.15) is 42.9 Å². The van der Waals surface area contributed by atoms with Crippen LogP contribution >= 0.6 is 0 Å². The molecule has 3 heterocycles. The first-order valence-corrected chi connectivity index (χ1v) is 13.5. The van der Waals surface area contributed by atoms with Crippen molar-refractivity contribution in [3.63, 3.8) is 0 Å². The van der Waals surface area contributed by atoms with Gasteiger partial charge >= 0.3 is 0 Å². The first-order chi connectivity index (χ1) is 18.3. The molecule has 0 aliphatic carbocycles. The van der Waals surface area contributed by atoms with Crippen LogP contribution in [0.25, 0.3) is 10.9 Å². The lowest BCUT2D eigenvalue weighted by atomic mass is 9.90. The molecule has 2 aliphatic rings. The average Bonchev–Trinajstić information content (AvgIpc) is 3.61. The van der Waals surface area contributed by atoms with Gasteiger partial charge < -0.3 is 30.6 Å². The number of ether oxygens (including phenoxy) is 1. The highest BCUT2D eigenvalue weighted by molar-refractivity contribution is 5.91. The van der Waals surface area contributed by atoms with E-state index >= 15 is 0 Å². The number of likely N-dealkylation sites (tertiary alicyclic amines) is 1. The minimum atomic E-state index is -0.791. The number of amides is 2. The fourth-order valence-electron chi connectivity index (χ4n) is 6.10. The summed E-state index contributed by atoms with van der Waals surface area (Å²) in [6.45, 7) is 7.77. The van der Waals surface area contributed by atoms with Crippen molar-refractivity contribution in [1.82, 2.24) is 20.1 Å². The number of carbonyl (C=O) groups is 2. The lowest BCUT2D eigenvalue weighted by Gasteiger charge is -2.34. The van der Waals surface area contributed by atoms with Crippen LogP contribution in [0.2, 0.25) is 0 Å². The van der Waals surface area contributed by atoms with Gasteiger partial charge in [0.25, 0.3) is 0 Å². The second-order valence-corrected chi connectivity index (χ2v) is 10.9. The van der Waals surface area contributed by atoms with Gasteiger partial charge in [0.05, 0.1) is 18.2 Å². The number of nitrogens with two attached hydrogens (primary N) is 1. The molecule has 2 aliphatic heterocycles. The van der Waals surface area contributed by atoms with E-state index in [1.807, 2.05) is 17.9 Å². The zero-order chi connectivity index (χ0) is 27.0. The molecule has 8 nitrogen and oxygen atoms in total. The van der Waals surface area contributed by atoms with Crippen LogP contribution in [0.4, 0.5) is 0 Å². The number of nitrogens with one attached hydrogen (secondary N) is 2. The Morgan fingerprint density at radius 3 is 2.66 bits per heavy atom. The largest absolute Gasteiger partial charge is 0.379 e. The number of rotatable bonds is 8. The van der Waals surface area contributed by atoms with Gasteiger partial charge in [-0.05, 0) is 49.9 Å². The van der Waals surface area contributed by atoms with E-state index in [-0.39, 0.29) is 29.8 Å². The fourth-order valence-corrected chi connectivity index (χ4v) is 6.10. The summed E-state index contributed by atoms with van der Waals surface area (Å²) in [5, 5.41) is 7.75. The lowest BCUT2D eigenvalue weighted by Crippen LogP contribution is -2.58. The van der Waals surface area contributed by atoms with E-state index in [2.05, 4.69) is 70.8 Å². The van der Waals surface area contributed by atoms with Crippen LogP contribution in [0.5, 0.6) is 0 Å². The van der Waals surface area contributed by atoms with E-state index < -0.39 is 18.2 Å². The molecule has 0 spiro atoms.